The molecule has 1 amide bonds. The molecule has 1 saturated carbocycles. The van der Waals surface area contributed by atoms with E-state index in [1.807, 2.05) is 20.8 Å². The van der Waals surface area contributed by atoms with Gasteiger partial charge in [-0.1, -0.05) is 17.7 Å². The first-order valence-electron chi connectivity index (χ1n) is 7.89. The third kappa shape index (κ3) is 6.36. The van der Waals surface area contributed by atoms with Gasteiger partial charge < -0.3 is 15.4 Å². The molecule has 0 saturated heterocycles. The molecule has 1 aliphatic carbocycles. The zero-order valence-corrected chi connectivity index (χ0v) is 14.5. The molecule has 0 heterocycles. The van der Waals surface area contributed by atoms with Gasteiger partial charge in [-0.3, -0.25) is 0 Å². The highest BCUT2D eigenvalue weighted by atomic mass is 35.5. The van der Waals surface area contributed by atoms with Gasteiger partial charge in [0.2, 0.25) is 0 Å². The van der Waals surface area contributed by atoms with Crippen molar-refractivity contribution in [3.05, 3.63) is 34.6 Å². The fourth-order valence-corrected chi connectivity index (χ4v) is 2.48. The lowest BCUT2D eigenvalue weighted by Gasteiger charge is -2.22. The van der Waals surface area contributed by atoms with Gasteiger partial charge >= 0.3 is 6.09 Å². The number of hydrogen-bond acceptors (Lipinski definition) is 3. The molecule has 1 aromatic rings. The maximum absolute atomic E-state index is 13.8. The largest absolute Gasteiger partial charge is 0.444 e. The van der Waals surface area contributed by atoms with E-state index in [4.69, 9.17) is 16.3 Å². The number of rotatable bonds is 6. The molecule has 0 aliphatic heterocycles. The number of carbonyl (C=O) groups is 1. The zero-order chi connectivity index (χ0) is 17.0. The fourth-order valence-electron chi connectivity index (χ4n) is 2.32. The first-order valence-corrected chi connectivity index (χ1v) is 8.26. The number of nitrogens with one attached hydrogen (secondary N) is 2. The van der Waals surface area contributed by atoms with Crippen molar-refractivity contribution in [2.75, 3.05) is 6.54 Å². The normalized spacial score (nSPS) is 16.0. The second-order valence-electron chi connectivity index (χ2n) is 6.94. The molecule has 1 aliphatic rings. The Morgan fingerprint density at radius 3 is 2.70 bits per heavy atom. The summed E-state index contributed by atoms with van der Waals surface area (Å²) in [6.07, 6.45) is 1.82. The lowest BCUT2D eigenvalue weighted by Crippen LogP contribution is -2.43. The minimum atomic E-state index is -0.515. The molecule has 1 aromatic carbocycles. The minimum absolute atomic E-state index is 0.109. The van der Waals surface area contributed by atoms with E-state index in [0.29, 0.717) is 29.6 Å². The number of halogens is 2. The second kappa shape index (κ2) is 7.49. The molecular weight excluding hydrogens is 319 g/mol. The lowest BCUT2D eigenvalue weighted by molar-refractivity contribution is 0.0521. The van der Waals surface area contributed by atoms with Crippen LogP contribution < -0.4 is 10.6 Å². The maximum Gasteiger partial charge on any atom is 0.407 e. The van der Waals surface area contributed by atoms with Crippen LogP contribution in [0.5, 0.6) is 0 Å². The van der Waals surface area contributed by atoms with Crippen LogP contribution in [0.15, 0.2) is 18.2 Å². The number of benzene rings is 1. The Balaban J connectivity index is 1.83. The molecule has 1 unspecified atom stereocenters. The summed E-state index contributed by atoms with van der Waals surface area (Å²) in [5, 5.41) is 6.49. The Bertz CT molecular complexity index is 556. The molecule has 1 fully saturated rings. The summed E-state index contributed by atoms with van der Waals surface area (Å²) in [6.45, 7) is 6.35. The Morgan fingerprint density at radius 1 is 1.43 bits per heavy atom. The molecule has 1 atom stereocenters. The summed E-state index contributed by atoms with van der Waals surface area (Å²) in [7, 11) is 0. The summed E-state index contributed by atoms with van der Waals surface area (Å²) >= 11 is 5.76. The summed E-state index contributed by atoms with van der Waals surface area (Å²) in [6, 6.07) is 4.77. The van der Waals surface area contributed by atoms with Crippen molar-refractivity contribution in [1.82, 2.24) is 10.6 Å². The van der Waals surface area contributed by atoms with E-state index in [1.165, 1.54) is 6.07 Å². The van der Waals surface area contributed by atoms with Crippen molar-refractivity contribution in [1.29, 1.82) is 0 Å². The fraction of sp³-hybridized carbons (Fsp3) is 0.588. The Hall–Kier alpha value is -1.33. The lowest BCUT2D eigenvalue weighted by atomic mass is 10.1. The van der Waals surface area contributed by atoms with Crippen molar-refractivity contribution < 1.29 is 13.9 Å². The van der Waals surface area contributed by atoms with E-state index in [2.05, 4.69) is 10.6 Å². The van der Waals surface area contributed by atoms with Gasteiger partial charge in [0.25, 0.3) is 0 Å². The number of ether oxygens (including phenoxy) is 1. The van der Waals surface area contributed by atoms with Gasteiger partial charge in [-0.2, -0.15) is 0 Å². The molecule has 2 N–H and O–H groups in total. The van der Waals surface area contributed by atoms with Crippen LogP contribution in [0.1, 0.15) is 39.2 Å². The van der Waals surface area contributed by atoms with Crippen LogP contribution in [-0.2, 0) is 11.3 Å². The summed E-state index contributed by atoms with van der Waals surface area (Å²) in [5.41, 5.74) is 0.0521. The maximum atomic E-state index is 13.8. The molecule has 128 valence electrons. The van der Waals surface area contributed by atoms with Gasteiger partial charge in [-0.05, 0) is 51.7 Å². The SMILES string of the molecule is CC(C)(C)OC(=O)NCC(NCc1ccc(Cl)cc1F)C1CC1. The third-order valence-electron chi connectivity index (χ3n) is 3.63. The van der Waals surface area contributed by atoms with Crippen molar-refractivity contribution in [2.45, 2.75) is 51.8 Å². The van der Waals surface area contributed by atoms with Crippen LogP contribution in [0.2, 0.25) is 5.02 Å². The first kappa shape index (κ1) is 18.0. The number of carbonyl (C=O) groups excluding carboxylic acids is 1. The number of amides is 1. The summed E-state index contributed by atoms with van der Waals surface area (Å²) < 4.78 is 19.0. The first-order chi connectivity index (χ1) is 10.7. The van der Waals surface area contributed by atoms with Crippen molar-refractivity contribution >= 4 is 17.7 Å². The predicted molar refractivity (Wildman–Crippen MR) is 89.0 cm³/mol. The van der Waals surface area contributed by atoms with Crippen LogP contribution in [0, 0.1) is 11.7 Å². The quantitative estimate of drug-likeness (QED) is 0.825. The number of alkyl carbamates (subject to hydrolysis) is 1. The molecule has 0 bridgehead atoms. The number of hydrogen-bond donors (Lipinski definition) is 2. The topological polar surface area (TPSA) is 50.4 Å². The minimum Gasteiger partial charge on any atom is -0.444 e. The van der Waals surface area contributed by atoms with Gasteiger partial charge in [-0.25, -0.2) is 9.18 Å². The summed E-state index contributed by atoms with van der Waals surface area (Å²) in [5.74, 6) is 0.194. The van der Waals surface area contributed by atoms with E-state index >= 15 is 0 Å². The standard InChI is InChI=1S/C17H24ClFN2O2/c1-17(2,3)23-16(22)21-10-15(11-4-5-11)20-9-12-6-7-13(18)8-14(12)19/h6-8,11,15,20H,4-5,9-10H2,1-3H3,(H,21,22). The van der Waals surface area contributed by atoms with Crippen LogP contribution in [0.25, 0.3) is 0 Å². The monoisotopic (exact) mass is 342 g/mol. The molecule has 2 rings (SSSR count). The van der Waals surface area contributed by atoms with E-state index in [-0.39, 0.29) is 11.9 Å². The Kier molecular flexibility index (Phi) is 5.87. The second-order valence-corrected chi connectivity index (χ2v) is 7.38. The molecule has 23 heavy (non-hydrogen) atoms. The molecular formula is C17H24ClFN2O2. The Morgan fingerprint density at radius 2 is 2.13 bits per heavy atom. The predicted octanol–water partition coefficient (Wildman–Crippen LogP) is 3.87. The highest BCUT2D eigenvalue weighted by molar-refractivity contribution is 6.30. The van der Waals surface area contributed by atoms with Crippen LogP contribution in [0.3, 0.4) is 0 Å². The highest BCUT2D eigenvalue weighted by Crippen LogP contribution is 2.32. The molecule has 6 heteroatoms. The average Bonchev–Trinajstić information content (AvgIpc) is 3.23. The van der Waals surface area contributed by atoms with Crippen molar-refractivity contribution in [2.24, 2.45) is 5.92 Å². The molecule has 0 spiro atoms. The van der Waals surface area contributed by atoms with E-state index < -0.39 is 11.7 Å². The van der Waals surface area contributed by atoms with Crippen LogP contribution >= 0.6 is 11.6 Å². The molecule has 0 aromatic heterocycles. The summed E-state index contributed by atoms with van der Waals surface area (Å²) in [4.78, 5) is 11.7. The third-order valence-corrected chi connectivity index (χ3v) is 3.86. The average molecular weight is 343 g/mol. The van der Waals surface area contributed by atoms with E-state index in [9.17, 15) is 9.18 Å². The Labute approximate surface area is 141 Å². The van der Waals surface area contributed by atoms with Gasteiger partial charge in [0.15, 0.2) is 0 Å². The smallest absolute Gasteiger partial charge is 0.407 e. The van der Waals surface area contributed by atoms with Crippen LogP contribution in [0.4, 0.5) is 9.18 Å². The van der Waals surface area contributed by atoms with Crippen molar-refractivity contribution in [3.8, 4) is 0 Å². The molecule has 4 nitrogen and oxygen atoms in total. The van der Waals surface area contributed by atoms with E-state index in [0.717, 1.165) is 12.8 Å². The van der Waals surface area contributed by atoms with Gasteiger partial charge in [-0.15, -0.1) is 0 Å². The van der Waals surface area contributed by atoms with Gasteiger partial charge in [0.05, 0.1) is 0 Å². The highest BCUT2D eigenvalue weighted by Gasteiger charge is 2.31. The van der Waals surface area contributed by atoms with Gasteiger partial charge in [0, 0.05) is 29.7 Å². The van der Waals surface area contributed by atoms with Crippen molar-refractivity contribution in [3.63, 3.8) is 0 Å². The molecule has 0 radical (unpaired) electrons. The zero-order valence-electron chi connectivity index (χ0n) is 13.8. The van der Waals surface area contributed by atoms with Crippen LogP contribution in [-0.4, -0.2) is 24.3 Å². The van der Waals surface area contributed by atoms with Gasteiger partial charge in [0.1, 0.15) is 11.4 Å². The van der Waals surface area contributed by atoms with E-state index in [1.54, 1.807) is 12.1 Å².